The van der Waals surface area contributed by atoms with Gasteiger partial charge in [-0.3, -0.25) is 4.79 Å². The molecular formula is C21H29N2O2+. The van der Waals surface area contributed by atoms with E-state index in [9.17, 15) is 4.79 Å². The van der Waals surface area contributed by atoms with Gasteiger partial charge < -0.3 is 14.5 Å². The van der Waals surface area contributed by atoms with E-state index in [1.54, 1.807) is 12.1 Å². The van der Waals surface area contributed by atoms with E-state index in [4.69, 9.17) is 4.74 Å². The third-order valence-corrected chi connectivity index (χ3v) is 4.99. The first-order valence-electron chi connectivity index (χ1n) is 9.07. The number of amides is 1. The summed E-state index contributed by atoms with van der Waals surface area (Å²) < 4.78 is 6.94. The Balaban J connectivity index is 1.88. The highest BCUT2D eigenvalue weighted by molar-refractivity contribution is 6.04. The van der Waals surface area contributed by atoms with E-state index >= 15 is 0 Å². The maximum absolute atomic E-state index is 12.2. The number of nitrogens with one attached hydrogen (secondary N) is 1. The van der Waals surface area contributed by atoms with E-state index in [1.807, 2.05) is 42.5 Å². The second kappa shape index (κ2) is 9.23. The summed E-state index contributed by atoms with van der Waals surface area (Å²) in [4.78, 5) is 12.2. The Morgan fingerprint density at radius 2 is 1.52 bits per heavy atom. The van der Waals surface area contributed by atoms with Gasteiger partial charge in [-0.05, 0) is 57.2 Å². The molecule has 0 saturated carbocycles. The van der Waals surface area contributed by atoms with Gasteiger partial charge in [-0.1, -0.05) is 18.2 Å². The maximum Gasteiger partial charge on any atom is 0.255 e. The lowest BCUT2D eigenvalue weighted by Gasteiger charge is -2.35. The van der Waals surface area contributed by atoms with Gasteiger partial charge in [-0.2, -0.15) is 0 Å². The third kappa shape index (κ3) is 5.33. The number of anilines is 1. The summed E-state index contributed by atoms with van der Waals surface area (Å²) >= 11 is 0. The number of carbonyl (C=O) groups is 1. The van der Waals surface area contributed by atoms with Crippen LogP contribution in [0.2, 0.25) is 0 Å². The fourth-order valence-corrected chi connectivity index (χ4v) is 2.93. The largest absolute Gasteiger partial charge is 0.488 e. The van der Waals surface area contributed by atoms with Crippen LogP contribution in [0, 0.1) is 0 Å². The van der Waals surface area contributed by atoms with Crippen LogP contribution in [0.15, 0.2) is 54.6 Å². The topological polar surface area (TPSA) is 38.3 Å². The molecule has 4 nitrogen and oxygen atoms in total. The number of hydrogen-bond acceptors (Lipinski definition) is 2. The normalized spacial score (nSPS) is 11.2. The Kier molecular flexibility index (Phi) is 7.02. The van der Waals surface area contributed by atoms with Crippen molar-refractivity contribution in [2.75, 3.05) is 38.1 Å². The predicted octanol–water partition coefficient (Wildman–Crippen LogP) is 4.19. The molecule has 0 spiro atoms. The summed E-state index contributed by atoms with van der Waals surface area (Å²) in [6, 6.07) is 16.8. The van der Waals surface area contributed by atoms with Crippen LogP contribution in [0.1, 0.15) is 31.1 Å². The average Bonchev–Trinajstić information content (AvgIpc) is 2.67. The number of rotatable bonds is 9. The third-order valence-electron chi connectivity index (χ3n) is 4.99. The summed E-state index contributed by atoms with van der Waals surface area (Å²) in [6.07, 6.45) is 0. The number of nitrogens with zero attached hydrogens (tertiary/aromatic N) is 1. The van der Waals surface area contributed by atoms with Crippen molar-refractivity contribution in [2.24, 2.45) is 0 Å². The number of hydrogen-bond donors (Lipinski definition) is 1. The average molecular weight is 341 g/mol. The molecule has 0 heterocycles. The zero-order valence-corrected chi connectivity index (χ0v) is 15.5. The predicted molar refractivity (Wildman–Crippen MR) is 103 cm³/mol. The summed E-state index contributed by atoms with van der Waals surface area (Å²) in [5, 5.41) is 2.88. The van der Waals surface area contributed by atoms with E-state index in [2.05, 4.69) is 26.1 Å². The Bertz CT molecular complexity index is 641. The summed E-state index contributed by atoms with van der Waals surface area (Å²) in [6.45, 7) is 11.7. The lowest BCUT2D eigenvalue weighted by molar-refractivity contribution is -0.923. The second-order valence-electron chi connectivity index (χ2n) is 6.21. The van der Waals surface area contributed by atoms with Crippen molar-refractivity contribution in [3.8, 4) is 5.75 Å². The zero-order chi connectivity index (χ0) is 18.1. The first-order chi connectivity index (χ1) is 12.1. The minimum atomic E-state index is -0.114. The monoisotopic (exact) mass is 341 g/mol. The van der Waals surface area contributed by atoms with Gasteiger partial charge in [-0.25, -0.2) is 0 Å². The fourth-order valence-electron chi connectivity index (χ4n) is 2.93. The van der Waals surface area contributed by atoms with Crippen LogP contribution in [0.25, 0.3) is 0 Å². The molecular weight excluding hydrogens is 312 g/mol. The molecule has 0 bridgehead atoms. The van der Waals surface area contributed by atoms with Gasteiger partial charge in [-0.15, -0.1) is 0 Å². The van der Waals surface area contributed by atoms with E-state index in [0.717, 1.165) is 42.1 Å². The highest BCUT2D eigenvalue weighted by Crippen LogP contribution is 2.15. The molecule has 0 atom stereocenters. The number of likely N-dealkylation sites (N-methyl/N-ethyl adjacent to an activating group) is 1. The van der Waals surface area contributed by atoms with Gasteiger partial charge >= 0.3 is 0 Å². The SMILES string of the molecule is CC[N+](CC)(CC)CCOc1ccc(C(=O)Nc2ccccc2)cc1. The van der Waals surface area contributed by atoms with E-state index in [0.29, 0.717) is 12.2 Å². The van der Waals surface area contributed by atoms with E-state index < -0.39 is 0 Å². The van der Waals surface area contributed by atoms with Gasteiger partial charge in [0.2, 0.25) is 0 Å². The molecule has 1 N–H and O–H groups in total. The molecule has 0 aromatic heterocycles. The van der Waals surface area contributed by atoms with Crippen LogP contribution in [0.5, 0.6) is 5.75 Å². The molecule has 0 aliphatic heterocycles. The summed E-state index contributed by atoms with van der Waals surface area (Å²) in [5.41, 5.74) is 1.41. The standard InChI is InChI=1S/C21H28N2O2/c1-4-23(5-2,6-3)16-17-25-20-14-12-18(13-15-20)21(24)22-19-10-8-7-9-11-19/h7-15H,4-6,16-17H2,1-3H3/p+1. The molecule has 0 unspecified atom stereocenters. The van der Waals surface area contributed by atoms with Crippen molar-refractivity contribution in [2.45, 2.75) is 20.8 Å². The van der Waals surface area contributed by atoms with Gasteiger partial charge in [0.25, 0.3) is 5.91 Å². The van der Waals surface area contributed by atoms with Crippen LogP contribution in [-0.4, -0.2) is 43.2 Å². The zero-order valence-electron chi connectivity index (χ0n) is 15.5. The molecule has 0 aliphatic carbocycles. The maximum atomic E-state index is 12.2. The Morgan fingerprint density at radius 1 is 0.920 bits per heavy atom. The minimum absolute atomic E-state index is 0.114. The van der Waals surface area contributed by atoms with Crippen molar-refractivity contribution >= 4 is 11.6 Å². The lowest BCUT2D eigenvalue weighted by Crippen LogP contribution is -2.49. The molecule has 0 saturated heterocycles. The summed E-state index contributed by atoms with van der Waals surface area (Å²) in [5.74, 6) is 0.689. The van der Waals surface area contributed by atoms with Gasteiger partial charge in [0.05, 0.1) is 19.6 Å². The molecule has 0 fully saturated rings. The van der Waals surface area contributed by atoms with Crippen LogP contribution >= 0.6 is 0 Å². The second-order valence-corrected chi connectivity index (χ2v) is 6.21. The number of para-hydroxylation sites is 1. The Labute approximate surface area is 151 Å². The highest BCUT2D eigenvalue weighted by atomic mass is 16.5. The number of quaternary nitrogens is 1. The van der Waals surface area contributed by atoms with E-state index in [1.165, 1.54) is 0 Å². The Morgan fingerprint density at radius 3 is 2.08 bits per heavy atom. The quantitative estimate of drug-likeness (QED) is 0.694. The first-order valence-corrected chi connectivity index (χ1v) is 9.07. The van der Waals surface area contributed by atoms with E-state index in [-0.39, 0.29) is 5.91 Å². The van der Waals surface area contributed by atoms with Crippen molar-refractivity contribution in [3.63, 3.8) is 0 Å². The molecule has 25 heavy (non-hydrogen) atoms. The molecule has 2 rings (SSSR count). The molecule has 0 radical (unpaired) electrons. The first kappa shape index (κ1) is 19.0. The van der Waals surface area contributed by atoms with Crippen molar-refractivity contribution < 1.29 is 14.0 Å². The number of carbonyl (C=O) groups excluding carboxylic acids is 1. The molecule has 4 heteroatoms. The van der Waals surface area contributed by atoms with Crippen LogP contribution in [-0.2, 0) is 0 Å². The van der Waals surface area contributed by atoms with Crippen LogP contribution in [0.4, 0.5) is 5.69 Å². The molecule has 0 aliphatic rings. The fraction of sp³-hybridized carbons (Fsp3) is 0.381. The number of benzene rings is 2. The molecule has 134 valence electrons. The van der Waals surface area contributed by atoms with Crippen LogP contribution < -0.4 is 10.1 Å². The molecule has 1 amide bonds. The van der Waals surface area contributed by atoms with Crippen LogP contribution in [0.3, 0.4) is 0 Å². The summed E-state index contributed by atoms with van der Waals surface area (Å²) in [7, 11) is 0. The smallest absolute Gasteiger partial charge is 0.255 e. The highest BCUT2D eigenvalue weighted by Gasteiger charge is 2.20. The lowest BCUT2D eigenvalue weighted by atomic mass is 10.2. The number of ether oxygens (including phenoxy) is 1. The van der Waals surface area contributed by atoms with Crippen molar-refractivity contribution in [3.05, 3.63) is 60.2 Å². The van der Waals surface area contributed by atoms with Crippen molar-refractivity contribution in [1.29, 1.82) is 0 Å². The van der Waals surface area contributed by atoms with Gasteiger partial charge in [0, 0.05) is 11.3 Å². The van der Waals surface area contributed by atoms with Gasteiger partial charge in [0.15, 0.2) is 0 Å². The van der Waals surface area contributed by atoms with Gasteiger partial charge in [0.1, 0.15) is 18.9 Å². The van der Waals surface area contributed by atoms with Crippen molar-refractivity contribution in [1.82, 2.24) is 0 Å². The Hall–Kier alpha value is -2.33. The minimum Gasteiger partial charge on any atom is -0.488 e. The molecule has 2 aromatic rings. The molecule has 2 aromatic carbocycles.